The van der Waals surface area contributed by atoms with Crippen LogP contribution >= 0.6 is 0 Å². The van der Waals surface area contributed by atoms with Crippen LogP contribution in [0.4, 0.5) is 11.4 Å². The second-order valence-corrected chi connectivity index (χ2v) is 4.60. The van der Waals surface area contributed by atoms with Crippen molar-refractivity contribution in [1.82, 2.24) is 0 Å². The van der Waals surface area contributed by atoms with Crippen LogP contribution in [0, 0.1) is 5.92 Å². The van der Waals surface area contributed by atoms with E-state index in [0.717, 1.165) is 12.8 Å². The summed E-state index contributed by atoms with van der Waals surface area (Å²) in [5.41, 5.74) is 12.6. The zero-order valence-corrected chi connectivity index (χ0v) is 9.82. The molecule has 0 amide bonds. The van der Waals surface area contributed by atoms with Crippen molar-refractivity contribution >= 4 is 17.3 Å². The van der Waals surface area contributed by atoms with Gasteiger partial charge >= 0.3 is 5.97 Å². The van der Waals surface area contributed by atoms with E-state index < -0.39 is 0 Å². The molecule has 0 unspecified atom stereocenters. The van der Waals surface area contributed by atoms with E-state index in [1.165, 1.54) is 12.8 Å². The van der Waals surface area contributed by atoms with E-state index in [9.17, 15) is 4.79 Å². The number of anilines is 2. The summed E-state index contributed by atoms with van der Waals surface area (Å²) in [7, 11) is 0. The highest BCUT2D eigenvalue weighted by Gasteiger charge is 2.18. The minimum atomic E-state index is -0.352. The number of ether oxygens (including phenoxy) is 1. The molecule has 0 atom stereocenters. The quantitative estimate of drug-likeness (QED) is 0.620. The smallest absolute Gasteiger partial charge is 0.340 e. The average Bonchev–Trinajstić information content (AvgIpc) is 2.78. The van der Waals surface area contributed by atoms with E-state index in [1.807, 2.05) is 0 Å². The van der Waals surface area contributed by atoms with E-state index in [4.69, 9.17) is 16.2 Å². The Labute approximate surface area is 101 Å². The van der Waals surface area contributed by atoms with Gasteiger partial charge in [0.25, 0.3) is 0 Å². The summed E-state index contributed by atoms with van der Waals surface area (Å²) in [5.74, 6) is 0.170. The Morgan fingerprint density at radius 1 is 1.29 bits per heavy atom. The second-order valence-electron chi connectivity index (χ2n) is 4.60. The van der Waals surface area contributed by atoms with E-state index in [1.54, 1.807) is 18.2 Å². The number of esters is 1. The molecule has 1 saturated carbocycles. The summed E-state index contributed by atoms with van der Waals surface area (Å²) in [5, 5.41) is 0. The first-order chi connectivity index (χ1) is 8.16. The van der Waals surface area contributed by atoms with Crippen LogP contribution in [-0.4, -0.2) is 12.6 Å². The van der Waals surface area contributed by atoms with Crippen LogP contribution in [0.3, 0.4) is 0 Å². The van der Waals surface area contributed by atoms with Gasteiger partial charge in [0, 0.05) is 11.4 Å². The predicted molar refractivity (Wildman–Crippen MR) is 67.5 cm³/mol. The summed E-state index contributed by atoms with van der Waals surface area (Å²) < 4.78 is 5.27. The molecular weight excluding hydrogens is 216 g/mol. The summed E-state index contributed by atoms with van der Waals surface area (Å²) in [6.45, 7) is 0.503. The van der Waals surface area contributed by atoms with Crippen molar-refractivity contribution < 1.29 is 9.53 Å². The standard InChI is InChI=1S/C13H18N2O2/c14-10-5-6-11(12(15)7-10)13(16)17-8-9-3-1-2-4-9/h5-7,9H,1-4,8,14-15H2. The normalized spacial score (nSPS) is 16.0. The monoisotopic (exact) mass is 234 g/mol. The molecule has 1 aromatic rings. The number of carbonyl (C=O) groups is 1. The molecule has 1 aliphatic carbocycles. The van der Waals surface area contributed by atoms with Crippen LogP contribution in [0.25, 0.3) is 0 Å². The summed E-state index contributed by atoms with van der Waals surface area (Å²) in [4.78, 5) is 11.8. The van der Waals surface area contributed by atoms with Gasteiger partial charge in [0.05, 0.1) is 12.2 Å². The highest BCUT2D eigenvalue weighted by molar-refractivity contribution is 5.95. The summed E-state index contributed by atoms with van der Waals surface area (Å²) in [6, 6.07) is 4.84. The Morgan fingerprint density at radius 2 is 2.00 bits per heavy atom. The van der Waals surface area contributed by atoms with Gasteiger partial charge in [-0.15, -0.1) is 0 Å². The molecule has 4 heteroatoms. The molecule has 0 spiro atoms. The molecule has 0 aromatic heterocycles. The number of hydrogen-bond acceptors (Lipinski definition) is 4. The SMILES string of the molecule is Nc1ccc(C(=O)OCC2CCCC2)c(N)c1. The zero-order chi connectivity index (χ0) is 12.3. The third-order valence-corrected chi connectivity index (χ3v) is 3.22. The molecule has 0 heterocycles. The number of rotatable bonds is 3. The highest BCUT2D eigenvalue weighted by Crippen LogP contribution is 2.25. The lowest BCUT2D eigenvalue weighted by atomic mass is 10.1. The number of nitrogens with two attached hydrogens (primary N) is 2. The van der Waals surface area contributed by atoms with Crippen LogP contribution in [0.5, 0.6) is 0 Å². The van der Waals surface area contributed by atoms with Crippen molar-refractivity contribution in [2.24, 2.45) is 5.92 Å². The van der Waals surface area contributed by atoms with Gasteiger partial charge in [0.2, 0.25) is 0 Å². The maximum absolute atomic E-state index is 11.8. The van der Waals surface area contributed by atoms with Gasteiger partial charge in [-0.05, 0) is 37.0 Å². The summed E-state index contributed by atoms with van der Waals surface area (Å²) >= 11 is 0. The van der Waals surface area contributed by atoms with Crippen LogP contribution in [0.15, 0.2) is 18.2 Å². The lowest BCUT2D eigenvalue weighted by molar-refractivity contribution is 0.0444. The lowest BCUT2D eigenvalue weighted by Gasteiger charge is -2.11. The van der Waals surface area contributed by atoms with E-state index >= 15 is 0 Å². The number of nitrogen functional groups attached to an aromatic ring is 2. The van der Waals surface area contributed by atoms with Crippen molar-refractivity contribution in [3.63, 3.8) is 0 Å². The molecule has 1 aliphatic rings. The maximum Gasteiger partial charge on any atom is 0.340 e. The number of hydrogen-bond donors (Lipinski definition) is 2. The average molecular weight is 234 g/mol. The van der Waals surface area contributed by atoms with Crippen molar-refractivity contribution in [3.05, 3.63) is 23.8 Å². The first-order valence-electron chi connectivity index (χ1n) is 5.99. The van der Waals surface area contributed by atoms with Crippen molar-refractivity contribution in [3.8, 4) is 0 Å². The Bertz CT molecular complexity index is 412. The van der Waals surface area contributed by atoms with Gasteiger partial charge < -0.3 is 16.2 Å². The first-order valence-corrected chi connectivity index (χ1v) is 5.99. The minimum absolute atomic E-state index is 0.352. The Hall–Kier alpha value is -1.71. The molecule has 17 heavy (non-hydrogen) atoms. The third kappa shape index (κ3) is 2.90. The molecule has 4 nitrogen and oxygen atoms in total. The van der Waals surface area contributed by atoms with Gasteiger partial charge in [0.1, 0.15) is 0 Å². The molecule has 0 aliphatic heterocycles. The third-order valence-electron chi connectivity index (χ3n) is 3.22. The molecule has 0 radical (unpaired) electrons. The van der Waals surface area contributed by atoms with Crippen LogP contribution in [-0.2, 0) is 4.74 Å². The first kappa shape index (κ1) is 11.8. The van der Waals surface area contributed by atoms with E-state index in [-0.39, 0.29) is 5.97 Å². The van der Waals surface area contributed by atoms with E-state index in [2.05, 4.69) is 0 Å². The minimum Gasteiger partial charge on any atom is -0.462 e. The fraction of sp³-hybridized carbons (Fsp3) is 0.462. The Kier molecular flexibility index (Phi) is 3.52. The number of carbonyl (C=O) groups excluding carboxylic acids is 1. The number of benzene rings is 1. The topological polar surface area (TPSA) is 78.3 Å². The molecule has 1 aromatic carbocycles. The van der Waals surface area contributed by atoms with E-state index in [0.29, 0.717) is 29.5 Å². The fourth-order valence-corrected chi connectivity index (χ4v) is 2.22. The van der Waals surface area contributed by atoms with Gasteiger partial charge in [-0.1, -0.05) is 12.8 Å². The Balaban J connectivity index is 1.94. The van der Waals surface area contributed by atoms with Crippen molar-refractivity contribution in [2.45, 2.75) is 25.7 Å². The fourth-order valence-electron chi connectivity index (χ4n) is 2.22. The van der Waals surface area contributed by atoms with Crippen LogP contribution in [0.1, 0.15) is 36.0 Å². The molecule has 0 bridgehead atoms. The van der Waals surface area contributed by atoms with Crippen molar-refractivity contribution in [2.75, 3.05) is 18.1 Å². The molecule has 4 N–H and O–H groups in total. The maximum atomic E-state index is 11.8. The molecule has 2 rings (SSSR count). The van der Waals surface area contributed by atoms with Gasteiger partial charge in [-0.3, -0.25) is 0 Å². The van der Waals surface area contributed by atoms with Gasteiger partial charge in [-0.25, -0.2) is 4.79 Å². The summed E-state index contributed by atoms with van der Waals surface area (Å²) in [6.07, 6.45) is 4.80. The zero-order valence-electron chi connectivity index (χ0n) is 9.82. The predicted octanol–water partition coefficient (Wildman–Crippen LogP) is 2.20. The largest absolute Gasteiger partial charge is 0.462 e. The molecule has 92 valence electrons. The molecule has 1 fully saturated rings. The molecular formula is C13H18N2O2. The Morgan fingerprint density at radius 3 is 2.65 bits per heavy atom. The lowest BCUT2D eigenvalue weighted by Crippen LogP contribution is -2.13. The van der Waals surface area contributed by atoms with Crippen LogP contribution in [0.2, 0.25) is 0 Å². The highest BCUT2D eigenvalue weighted by atomic mass is 16.5. The van der Waals surface area contributed by atoms with Gasteiger partial charge in [0.15, 0.2) is 0 Å². The second kappa shape index (κ2) is 5.08. The molecule has 0 saturated heterocycles. The van der Waals surface area contributed by atoms with Crippen LogP contribution < -0.4 is 11.5 Å². The van der Waals surface area contributed by atoms with Gasteiger partial charge in [-0.2, -0.15) is 0 Å². The van der Waals surface area contributed by atoms with Crippen molar-refractivity contribution in [1.29, 1.82) is 0 Å².